The average Bonchev–Trinajstić information content (AvgIpc) is 2.98. The molecule has 0 spiro atoms. The van der Waals surface area contributed by atoms with Gasteiger partial charge in [0.15, 0.2) is 5.82 Å². The van der Waals surface area contributed by atoms with Crippen molar-refractivity contribution in [3.8, 4) is 17.1 Å². The van der Waals surface area contributed by atoms with E-state index in [0.717, 1.165) is 39.4 Å². The first-order valence-corrected chi connectivity index (χ1v) is 8.09. The van der Waals surface area contributed by atoms with Crippen molar-refractivity contribution in [2.24, 2.45) is 0 Å². The molecule has 3 N–H and O–H groups in total. The lowest BCUT2D eigenvalue weighted by Crippen LogP contribution is -1.99. The van der Waals surface area contributed by atoms with E-state index >= 15 is 0 Å². The first-order valence-electron chi connectivity index (χ1n) is 8.09. The Labute approximate surface area is 145 Å². The summed E-state index contributed by atoms with van der Waals surface area (Å²) in [6, 6.07) is 17.2. The van der Waals surface area contributed by atoms with E-state index in [1.807, 2.05) is 56.3 Å². The van der Waals surface area contributed by atoms with Crippen LogP contribution in [0.4, 0.5) is 11.5 Å². The van der Waals surface area contributed by atoms with E-state index in [9.17, 15) is 5.11 Å². The van der Waals surface area contributed by atoms with Crippen molar-refractivity contribution >= 4 is 22.5 Å². The standard InChI is InChI=1S/C20H18N4O/c1-12-10-15(25)8-9-17(12)22-20-16-11-13(2)21-19(16)23-18(24-20)14-6-4-3-5-7-14/h3-11,25H,1-2H3,(H2,21,22,23,24). The molecule has 0 amide bonds. The predicted octanol–water partition coefficient (Wildman–Crippen LogP) is 4.69. The van der Waals surface area contributed by atoms with Gasteiger partial charge in [-0.15, -0.1) is 0 Å². The summed E-state index contributed by atoms with van der Waals surface area (Å²) in [5.74, 6) is 1.65. The fourth-order valence-corrected chi connectivity index (χ4v) is 2.87. The summed E-state index contributed by atoms with van der Waals surface area (Å²) in [5, 5.41) is 13.9. The molecule has 0 unspecified atom stereocenters. The van der Waals surface area contributed by atoms with Crippen molar-refractivity contribution in [3.05, 3.63) is 65.9 Å². The van der Waals surface area contributed by atoms with Crippen LogP contribution in [0.15, 0.2) is 54.6 Å². The molecular weight excluding hydrogens is 312 g/mol. The SMILES string of the molecule is Cc1cc2c(Nc3ccc(O)cc3C)nc(-c3ccccc3)nc2[nH]1. The lowest BCUT2D eigenvalue weighted by atomic mass is 10.2. The van der Waals surface area contributed by atoms with Gasteiger partial charge in [0.05, 0.1) is 5.39 Å². The van der Waals surface area contributed by atoms with Crippen LogP contribution < -0.4 is 5.32 Å². The summed E-state index contributed by atoms with van der Waals surface area (Å²) >= 11 is 0. The Kier molecular flexibility index (Phi) is 3.61. The molecule has 0 saturated carbocycles. The van der Waals surface area contributed by atoms with Crippen molar-refractivity contribution in [2.45, 2.75) is 13.8 Å². The van der Waals surface area contributed by atoms with E-state index in [4.69, 9.17) is 4.98 Å². The second-order valence-corrected chi connectivity index (χ2v) is 6.10. The summed E-state index contributed by atoms with van der Waals surface area (Å²) in [6.07, 6.45) is 0. The molecule has 5 nitrogen and oxygen atoms in total. The lowest BCUT2D eigenvalue weighted by Gasteiger charge is -2.11. The minimum Gasteiger partial charge on any atom is -0.508 e. The molecule has 0 aliphatic carbocycles. The van der Waals surface area contributed by atoms with Gasteiger partial charge < -0.3 is 15.4 Å². The van der Waals surface area contributed by atoms with Gasteiger partial charge in [0.2, 0.25) is 0 Å². The Morgan fingerprint density at radius 1 is 0.960 bits per heavy atom. The van der Waals surface area contributed by atoms with E-state index in [-0.39, 0.29) is 5.75 Å². The van der Waals surface area contributed by atoms with Crippen LogP contribution in [0.25, 0.3) is 22.4 Å². The third kappa shape index (κ3) is 2.92. The fraction of sp³-hybridized carbons (Fsp3) is 0.100. The molecule has 25 heavy (non-hydrogen) atoms. The molecular formula is C20H18N4O. The minimum absolute atomic E-state index is 0.248. The highest BCUT2D eigenvalue weighted by atomic mass is 16.3. The lowest BCUT2D eigenvalue weighted by molar-refractivity contribution is 0.475. The van der Waals surface area contributed by atoms with Crippen LogP contribution in [0.1, 0.15) is 11.3 Å². The average molecular weight is 330 g/mol. The number of fused-ring (bicyclic) bond motifs is 1. The molecule has 0 fully saturated rings. The second kappa shape index (κ2) is 5.94. The van der Waals surface area contributed by atoms with Crippen molar-refractivity contribution in [2.75, 3.05) is 5.32 Å². The maximum Gasteiger partial charge on any atom is 0.163 e. The van der Waals surface area contributed by atoms with E-state index in [0.29, 0.717) is 5.82 Å². The van der Waals surface area contributed by atoms with Gasteiger partial charge >= 0.3 is 0 Å². The number of benzene rings is 2. The van der Waals surface area contributed by atoms with E-state index in [1.54, 1.807) is 12.1 Å². The monoisotopic (exact) mass is 330 g/mol. The zero-order chi connectivity index (χ0) is 17.4. The van der Waals surface area contributed by atoms with Crippen LogP contribution >= 0.6 is 0 Å². The Hall–Kier alpha value is -3.34. The van der Waals surface area contributed by atoms with Crippen LogP contribution in [0.5, 0.6) is 5.75 Å². The first-order chi connectivity index (χ1) is 12.1. The molecule has 4 rings (SSSR count). The molecule has 5 heteroatoms. The maximum absolute atomic E-state index is 9.61. The number of hydrogen-bond donors (Lipinski definition) is 3. The zero-order valence-corrected chi connectivity index (χ0v) is 14.0. The molecule has 2 aromatic heterocycles. The smallest absolute Gasteiger partial charge is 0.163 e. The molecule has 0 bridgehead atoms. The Morgan fingerprint density at radius 3 is 2.52 bits per heavy atom. The van der Waals surface area contributed by atoms with Gasteiger partial charge in [-0.1, -0.05) is 30.3 Å². The molecule has 2 heterocycles. The van der Waals surface area contributed by atoms with E-state index < -0.39 is 0 Å². The highest BCUT2D eigenvalue weighted by Gasteiger charge is 2.12. The number of anilines is 2. The Balaban J connectivity index is 1.86. The van der Waals surface area contributed by atoms with Crippen LogP contribution in [-0.4, -0.2) is 20.1 Å². The molecule has 0 aliphatic heterocycles. The first kappa shape index (κ1) is 15.2. The normalized spacial score (nSPS) is 11.0. The van der Waals surface area contributed by atoms with Gasteiger partial charge in [-0.25, -0.2) is 9.97 Å². The number of aryl methyl sites for hydroxylation is 2. The number of phenols is 1. The molecule has 0 saturated heterocycles. The number of nitrogens with zero attached hydrogens (tertiary/aromatic N) is 2. The number of H-pyrrole nitrogens is 1. The van der Waals surface area contributed by atoms with Crippen molar-refractivity contribution in [3.63, 3.8) is 0 Å². The molecule has 4 aromatic rings. The molecule has 0 radical (unpaired) electrons. The predicted molar refractivity (Wildman–Crippen MR) is 100 cm³/mol. The minimum atomic E-state index is 0.248. The van der Waals surface area contributed by atoms with E-state index in [1.165, 1.54) is 0 Å². The van der Waals surface area contributed by atoms with Gasteiger partial charge in [-0.05, 0) is 43.7 Å². The fourth-order valence-electron chi connectivity index (χ4n) is 2.87. The number of aromatic nitrogens is 3. The highest BCUT2D eigenvalue weighted by Crippen LogP contribution is 2.30. The van der Waals surface area contributed by atoms with Gasteiger partial charge in [0.1, 0.15) is 17.2 Å². The van der Waals surface area contributed by atoms with Gasteiger partial charge in [0, 0.05) is 16.9 Å². The molecule has 0 atom stereocenters. The number of hydrogen-bond acceptors (Lipinski definition) is 4. The molecule has 124 valence electrons. The molecule has 0 aliphatic rings. The highest BCUT2D eigenvalue weighted by molar-refractivity contribution is 5.91. The number of nitrogens with one attached hydrogen (secondary N) is 2. The van der Waals surface area contributed by atoms with Gasteiger partial charge in [0.25, 0.3) is 0 Å². The summed E-state index contributed by atoms with van der Waals surface area (Å²) in [4.78, 5) is 12.7. The number of aromatic hydroxyl groups is 1. The van der Waals surface area contributed by atoms with Crippen molar-refractivity contribution in [1.29, 1.82) is 0 Å². The number of phenolic OH excluding ortho intramolecular Hbond substituents is 1. The van der Waals surface area contributed by atoms with Gasteiger partial charge in [-0.2, -0.15) is 0 Å². The zero-order valence-electron chi connectivity index (χ0n) is 14.0. The number of rotatable bonds is 3. The Bertz CT molecular complexity index is 1050. The topological polar surface area (TPSA) is 73.8 Å². The largest absolute Gasteiger partial charge is 0.508 e. The molecule has 2 aromatic carbocycles. The second-order valence-electron chi connectivity index (χ2n) is 6.10. The van der Waals surface area contributed by atoms with Crippen LogP contribution in [0.3, 0.4) is 0 Å². The van der Waals surface area contributed by atoms with Crippen molar-refractivity contribution < 1.29 is 5.11 Å². The van der Waals surface area contributed by atoms with Crippen molar-refractivity contribution in [1.82, 2.24) is 15.0 Å². The van der Waals surface area contributed by atoms with E-state index in [2.05, 4.69) is 15.3 Å². The third-order valence-electron chi connectivity index (χ3n) is 4.12. The maximum atomic E-state index is 9.61. The van der Waals surface area contributed by atoms with Crippen LogP contribution in [0, 0.1) is 13.8 Å². The third-order valence-corrected chi connectivity index (χ3v) is 4.12. The van der Waals surface area contributed by atoms with Crippen LogP contribution in [0.2, 0.25) is 0 Å². The number of aromatic amines is 1. The summed E-state index contributed by atoms with van der Waals surface area (Å²) in [6.45, 7) is 3.94. The van der Waals surface area contributed by atoms with Crippen LogP contribution in [-0.2, 0) is 0 Å². The summed E-state index contributed by atoms with van der Waals surface area (Å²) < 4.78 is 0. The Morgan fingerprint density at radius 2 is 1.76 bits per heavy atom. The quantitative estimate of drug-likeness (QED) is 0.476. The van der Waals surface area contributed by atoms with Gasteiger partial charge in [-0.3, -0.25) is 0 Å². The summed E-state index contributed by atoms with van der Waals surface area (Å²) in [7, 11) is 0. The summed E-state index contributed by atoms with van der Waals surface area (Å²) in [5.41, 5.74) is 4.63.